The molecule has 3 aliphatic rings. The van der Waals surface area contributed by atoms with E-state index in [0.717, 1.165) is 53.3 Å². The molecule has 7 rings (SSSR count). The Morgan fingerprint density at radius 3 is 2.45 bits per heavy atom. The third kappa shape index (κ3) is 7.58. The van der Waals surface area contributed by atoms with Gasteiger partial charge in [0.25, 0.3) is 0 Å². The first-order chi connectivity index (χ1) is 26.1. The van der Waals surface area contributed by atoms with Gasteiger partial charge in [-0.1, -0.05) is 24.6 Å². The number of nitrogens with zero attached hydrogens (tertiary/aromatic N) is 6. The van der Waals surface area contributed by atoms with Crippen molar-refractivity contribution in [2.24, 2.45) is 5.41 Å². The summed E-state index contributed by atoms with van der Waals surface area (Å²) in [6.45, 7) is 16.9. The van der Waals surface area contributed by atoms with Gasteiger partial charge in [0, 0.05) is 43.6 Å². The van der Waals surface area contributed by atoms with Gasteiger partial charge in [-0.2, -0.15) is 9.29 Å². The van der Waals surface area contributed by atoms with Gasteiger partial charge in [-0.3, -0.25) is 14.1 Å². The number of carbonyl (C=O) groups is 1. The molecule has 0 saturated carbocycles. The second kappa shape index (κ2) is 15.1. The van der Waals surface area contributed by atoms with Crippen LogP contribution in [0.5, 0.6) is 11.8 Å². The Hall–Kier alpha value is -4.11. The minimum Gasteiger partial charge on any atom is -0.481 e. The number of aliphatic carboxylic acids is 1. The largest absolute Gasteiger partial charge is 0.481 e. The summed E-state index contributed by atoms with van der Waals surface area (Å²) in [4.78, 5) is 20.1. The molecular weight excluding hydrogens is 721 g/mol. The normalized spacial score (nSPS) is 20.1. The summed E-state index contributed by atoms with van der Waals surface area (Å²) in [6, 6.07) is 9.43. The predicted octanol–water partition coefficient (Wildman–Crippen LogP) is 5.99. The molecule has 3 aromatic heterocycles. The molecule has 13 nitrogen and oxygen atoms in total. The number of aryl methyl sites for hydroxylation is 4. The number of rotatable bonds is 10. The van der Waals surface area contributed by atoms with Crippen molar-refractivity contribution < 1.29 is 32.5 Å². The first-order valence-electron chi connectivity index (χ1n) is 19.4. The quantitative estimate of drug-likeness (QED) is 0.203. The molecule has 3 aliphatic heterocycles. The van der Waals surface area contributed by atoms with Crippen molar-refractivity contribution in [3.8, 4) is 11.8 Å². The predicted molar refractivity (Wildman–Crippen MR) is 207 cm³/mol. The van der Waals surface area contributed by atoms with E-state index in [1.54, 1.807) is 19.9 Å². The Labute approximate surface area is 324 Å². The van der Waals surface area contributed by atoms with Crippen LogP contribution >= 0.6 is 0 Å². The van der Waals surface area contributed by atoms with E-state index in [1.807, 2.05) is 69.5 Å². The van der Waals surface area contributed by atoms with Crippen molar-refractivity contribution in [3.63, 3.8) is 0 Å². The maximum Gasteiger partial charge on any atom is 0.310 e. The third-order valence-electron chi connectivity index (χ3n) is 11.9. The molecule has 2 saturated heterocycles. The molecule has 4 aromatic rings. The van der Waals surface area contributed by atoms with Gasteiger partial charge in [0.1, 0.15) is 22.4 Å². The molecule has 0 unspecified atom stereocenters. The number of carboxylic acids is 1. The Morgan fingerprint density at radius 1 is 1.02 bits per heavy atom. The highest BCUT2D eigenvalue weighted by Crippen LogP contribution is 2.45. The van der Waals surface area contributed by atoms with E-state index in [-0.39, 0.29) is 30.0 Å². The van der Waals surface area contributed by atoms with Crippen LogP contribution < -0.4 is 9.47 Å². The lowest BCUT2D eigenvalue weighted by molar-refractivity contribution is -0.147. The van der Waals surface area contributed by atoms with E-state index in [1.165, 1.54) is 23.6 Å². The zero-order chi connectivity index (χ0) is 39.3. The maximum atomic E-state index is 14.8. The highest BCUT2D eigenvalue weighted by Gasteiger charge is 2.46. The van der Waals surface area contributed by atoms with E-state index in [2.05, 4.69) is 15.1 Å². The SMILES string of the molecule is Cc1ccc([C@@H](c2ccn3c(C)nnc3c2C)C(C)(C)C(=O)O)cc1CN1CC2(CCOCC2)Oc2nc(O[C@@H](C)CN3CCCCC3)c(C)cc2S1(=O)=O. The van der Waals surface area contributed by atoms with Crippen molar-refractivity contribution >= 4 is 21.6 Å². The average Bonchev–Trinajstić information content (AvgIpc) is 3.49. The number of benzene rings is 1. The van der Waals surface area contributed by atoms with Crippen LogP contribution in [0.1, 0.15) is 98.0 Å². The third-order valence-corrected chi connectivity index (χ3v) is 13.6. The Bertz CT molecular complexity index is 2190. The van der Waals surface area contributed by atoms with E-state index in [0.29, 0.717) is 43.1 Å². The molecule has 55 heavy (non-hydrogen) atoms. The molecule has 0 radical (unpaired) electrons. The smallest absolute Gasteiger partial charge is 0.310 e. The molecule has 2 atom stereocenters. The van der Waals surface area contributed by atoms with Crippen molar-refractivity contribution in [3.05, 3.63) is 75.7 Å². The zero-order valence-corrected chi connectivity index (χ0v) is 33.9. The van der Waals surface area contributed by atoms with Gasteiger partial charge in [-0.15, -0.1) is 10.2 Å². The zero-order valence-electron chi connectivity index (χ0n) is 33.1. The molecule has 1 aromatic carbocycles. The molecular formula is C41H54N6O7S. The van der Waals surface area contributed by atoms with Crippen molar-refractivity contribution in [2.45, 2.75) is 110 Å². The first kappa shape index (κ1) is 39.1. The first-order valence-corrected chi connectivity index (χ1v) is 20.8. The number of fused-ring (bicyclic) bond motifs is 2. The van der Waals surface area contributed by atoms with E-state index < -0.39 is 32.9 Å². The van der Waals surface area contributed by atoms with Crippen molar-refractivity contribution in [1.82, 2.24) is 28.8 Å². The number of sulfonamides is 1. The Morgan fingerprint density at radius 2 is 1.75 bits per heavy atom. The highest BCUT2D eigenvalue weighted by molar-refractivity contribution is 7.89. The topological polar surface area (TPSA) is 149 Å². The molecule has 296 valence electrons. The maximum absolute atomic E-state index is 14.8. The van der Waals surface area contributed by atoms with Crippen LogP contribution in [-0.2, 0) is 26.1 Å². The van der Waals surface area contributed by atoms with E-state index >= 15 is 0 Å². The van der Waals surface area contributed by atoms with Crippen LogP contribution in [0, 0.1) is 33.1 Å². The molecule has 0 amide bonds. The van der Waals surface area contributed by atoms with E-state index in [4.69, 9.17) is 19.2 Å². The summed E-state index contributed by atoms with van der Waals surface area (Å²) in [6.07, 6.45) is 6.34. The van der Waals surface area contributed by atoms with Gasteiger partial charge in [0.05, 0.1) is 25.2 Å². The van der Waals surface area contributed by atoms with Crippen LogP contribution in [0.4, 0.5) is 0 Å². The molecule has 6 heterocycles. The second-order valence-corrected chi connectivity index (χ2v) is 18.3. The molecule has 1 spiro atoms. The van der Waals surface area contributed by atoms with Crippen LogP contribution in [0.3, 0.4) is 0 Å². The van der Waals surface area contributed by atoms with Crippen molar-refractivity contribution in [2.75, 3.05) is 39.4 Å². The summed E-state index contributed by atoms with van der Waals surface area (Å²) in [5.41, 5.74) is 3.26. The van der Waals surface area contributed by atoms with Crippen LogP contribution in [-0.4, -0.2) is 99.4 Å². The summed E-state index contributed by atoms with van der Waals surface area (Å²) in [5.74, 6) is -0.369. The standard InChI is InChI=1S/C41H54N6O7S/c1-26-11-12-31(35(40(6,7)39(48)49)33-13-18-47-30(5)43-44-36(47)29(33)4)22-32(26)24-46-25-41(14-19-52-20-15-41)54-38-34(55(46,50)51)21-27(2)37(42-38)53-28(3)23-45-16-9-8-10-17-45/h11-13,18,21-22,28,35H,8-10,14-17,19-20,23-25H2,1-7H3,(H,48,49)/t28-,35-/m0/s1. The number of hydrogen-bond acceptors (Lipinski definition) is 10. The number of hydrogen-bond donors (Lipinski definition) is 1. The van der Waals surface area contributed by atoms with Gasteiger partial charge in [0.2, 0.25) is 21.8 Å². The lowest BCUT2D eigenvalue weighted by atomic mass is 9.70. The summed E-state index contributed by atoms with van der Waals surface area (Å²) < 4.78 is 51.8. The summed E-state index contributed by atoms with van der Waals surface area (Å²) in [7, 11) is -4.13. The molecule has 14 heteroatoms. The minimum atomic E-state index is -4.13. The Balaban J connectivity index is 1.26. The lowest BCUT2D eigenvalue weighted by Crippen LogP contribution is -2.50. The van der Waals surface area contributed by atoms with Crippen LogP contribution in [0.15, 0.2) is 41.4 Å². The van der Waals surface area contributed by atoms with Crippen molar-refractivity contribution in [1.29, 1.82) is 0 Å². The second-order valence-electron chi connectivity index (χ2n) is 16.4. The number of pyridine rings is 2. The number of likely N-dealkylation sites (tertiary alicyclic amines) is 1. The summed E-state index contributed by atoms with van der Waals surface area (Å²) in [5, 5.41) is 19.2. The number of ether oxygens (including phenoxy) is 3. The van der Waals surface area contributed by atoms with E-state index in [9.17, 15) is 18.3 Å². The Kier molecular flexibility index (Phi) is 10.7. The fourth-order valence-electron chi connectivity index (χ4n) is 8.46. The van der Waals surface area contributed by atoms with Gasteiger partial charge in [0.15, 0.2) is 5.65 Å². The number of carboxylic acid groups (broad SMARTS) is 1. The molecule has 1 N–H and O–H groups in total. The molecule has 2 fully saturated rings. The monoisotopic (exact) mass is 774 g/mol. The van der Waals surface area contributed by atoms with Crippen LogP contribution in [0.25, 0.3) is 5.65 Å². The fourth-order valence-corrected chi connectivity index (χ4v) is 10.1. The summed E-state index contributed by atoms with van der Waals surface area (Å²) >= 11 is 0. The molecule has 0 aliphatic carbocycles. The lowest BCUT2D eigenvalue weighted by Gasteiger charge is -2.38. The van der Waals surface area contributed by atoms with Gasteiger partial charge in [-0.05, 0) is 114 Å². The molecule has 0 bridgehead atoms. The number of piperidine rings is 1. The highest BCUT2D eigenvalue weighted by atomic mass is 32.2. The van der Waals surface area contributed by atoms with Crippen LogP contribution in [0.2, 0.25) is 0 Å². The minimum absolute atomic E-state index is 0.00984. The van der Waals surface area contributed by atoms with Gasteiger partial charge >= 0.3 is 5.97 Å². The van der Waals surface area contributed by atoms with Gasteiger partial charge < -0.3 is 19.3 Å². The number of aromatic nitrogens is 4. The average molecular weight is 775 g/mol. The van der Waals surface area contributed by atoms with Gasteiger partial charge in [-0.25, -0.2) is 8.42 Å². The fraction of sp³-hybridized carbons (Fsp3) is 0.561.